The number of hydrogen-bond donors (Lipinski definition) is 2. The fraction of sp³-hybridized carbons (Fsp3) is 0.727. The van der Waals surface area contributed by atoms with E-state index in [0.29, 0.717) is 23.1 Å². The van der Waals surface area contributed by atoms with Crippen molar-refractivity contribution in [2.45, 2.75) is 19.9 Å². The summed E-state index contributed by atoms with van der Waals surface area (Å²) in [5.74, 6) is 0.720. The lowest BCUT2D eigenvalue weighted by Crippen LogP contribution is -2.39. The summed E-state index contributed by atoms with van der Waals surface area (Å²) in [7, 11) is 1.39. The Kier molecular flexibility index (Phi) is 2.26. The van der Waals surface area contributed by atoms with Crippen LogP contribution in [0.25, 0.3) is 0 Å². The van der Waals surface area contributed by atoms with Gasteiger partial charge < -0.3 is 16.2 Å². The van der Waals surface area contributed by atoms with E-state index < -0.39 is 0 Å². The number of ether oxygens (including phenoxy) is 1. The number of rotatable bonds is 1. The lowest BCUT2D eigenvalue weighted by molar-refractivity contribution is -0.137. The molecule has 2 bridgehead atoms. The molecule has 0 amide bonds. The van der Waals surface area contributed by atoms with Crippen LogP contribution in [-0.2, 0) is 9.53 Å². The molecule has 4 N–H and O–H groups in total. The summed E-state index contributed by atoms with van der Waals surface area (Å²) in [5, 5.41) is 0. The van der Waals surface area contributed by atoms with Crippen molar-refractivity contribution in [1.82, 2.24) is 0 Å². The maximum atomic E-state index is 11.6. The standard InChI is InChI=1S/C11H18N2O2/c1-4-6-5(2)9(12)7(4)10(13)8(6)11(14)15-3/h4-7,9H,12-13H2,1-3H3/t4?,5-,6?,7?,9+/m0/s1. The van der Waals surface area contributed by atoms with Crippen LogP contribution in [0, 0.1) is 23.7 Å². The van der Waals surface area contributed by atoms with Crippen molar-refractivity contribution in [3.63, 3.8) is 0 Å². The minimum Gasteiger partial charge on any atom is -0.466 e. The van der Waals surface area contributed by atoms with Crippen molar-refractivity contribution in [3.8, 4) is 0 Å². The Morgan fingerprint density at radius 1 is 1.27 bits per heavy atom. The monoisotopic (exact) mass is 210 g/mol. The van der Waals surface area contributed by atoms with Gasteiger partial charge in [-0.2, -0.15) is 0 Å². The fourth-order valence-corrected chi connectivity index (χ4v) is 3.37. The van der Waals surface area contributed by atoms with E-state index in [9.17, 15) is 4.79 Å². The number of esters is 1. The molecule has 3 unspecified atom stereocenters. The van der Waals surface area contributed by atoms with E-state index in [4.69, 9.17) is 16.2 Å². The zero-order chi connectivity index (χ0) is 11.3. The molecule has 4 nitrogen and oxygen atoms in total. The van der Waals surface area contributed by atoms with Crippen molar-refractivity contribution in [3.05, 3.63) is 11.3 Å². The molecule has 0 aromatic heterocycles. The van der Waals surface area contributed by atoms with Gasteiger partial charge in [0.05, 0.1) is 12.7 Å². The Morgan fingerprint density at radius 2 is 1.87 bits per heavy atom. The highest BCUT2D eigenvalue weighted by Crippen LogP contribution is 2.53. The number of hydrogen-bond acceptors (Lipinski definition) is 4. The summed E-state index contributed by atoms with van der Waals surface area (Å²) >= 11 is 0. The Morgan fingerprint density at radius 3 is 2.33 bits per heavy atom. The van der Waals surface area contributed by atoms with Gasteiger partial charge in [0.15, 0.2) is 0 Å². The van der Waals surface area contributed by atoms with Crippen molar-refractivity contribution in [1.29, 1.82) is 0 Å². The molecule has 0 aliphatic heterocycles. The average molecular weight is 210 g/mol. The maximum absolute atomic E-state index is 11.6. The van der Waals surface area contributed by atoms with Gasteiger partial charge in [0.1, 0.15) is 0 Å². The number of carbonyl (C=O) groups is 1. The van der Waals surface area contributed by atoms with Gasteiger partial charge in [0.2, 0.25) is 0 Å². The first kappa shape index (κ1) is 10.5. The van der Waals surface area contributed by atoms with Crippen molar-refractivity contribution < 1.29 is 9.53 Å². The van der Waals surface area contributed by atoms with Crippen LogP contribution in [0.15, 0.2) is 11.3 Å². The second kappa shape index (κ2) is 3.23. The van der Waals surface area contributed by atoms with Crippen molar-refractivity contribution >= 4 is 5.97 Å². The summed E-state index contributed by atoms with van der Waals surface area (Å²) in [5.41, 5.74) is 13.4. The Labute approximate surface area is 89.6 Å². The van der Waals surface area contributed by atoms with Crippen molar-refractivity contribution in [2.75, 3.05) is 7.11 Å². The SMILES string of the molecule is COC(=O)C1=C(N)C2C(C)C1[C@H](C)[C@H]2N. The van der Waals surface area contributed by atoms with Gasteiger partial charge >= 0.3 is 5.97 Å². The molecule has 2 rings (SSSR count). The fourth-order valence-electron chi connectivity index (χ4n) is 3.37. The van der Waals surface area contributed by atoms with Gasteiger partial charge in [-0.25, -0.2) is 4.79 Å². The predicted octanol–water partition coefficient (Wildman–Crippen LogP) is 0.231. The van der Waals surface area contributed by atoms with Gasteiger partial charge in [0, 0.05) is 23.6 Å². The highest BCUT2D eigenvalue weighted by Gasteiger charge is 2.55. The number of fused-ring (bicyclic) bond motifs is 2. The van der Waals surface area contributed by atoms with Crippen LogP contribution in [-0.4, -0.2) is 19.1 Å². The van der Waals surface area contributed by atoms with Crippen LogP contribution in [0.2, 0.25) is 0 Å². The minimum atomic E-state index is -0.286. The molecule has 0 aromatic rings. The molecule has 0 radical (unpaired) electrons. The third-order valence-electron chi connectivity index (χ3n) is 4.13. The van der Waals surface area contributed by atoms with Crippen LogP contribution in [0.5, 0.6) is 0 Å². The summed E-state index contributed by atoms with van der Waals surface area (Å²) in [4.78, 5) is 11.6. The Hall–Kier alpha value is -1.03. The second-order valence-corrected chi connectivity index (χ2v) is 4.71. The number of nitrogens with two attached hydrogens (primary N) is 2. The number of methoxy groups -OCH3 is 1. The third-order valence-corrected chi connectivity index (χ3v) is 4.13. The van der Waals surface area contributed by atoms with Gasteiger partial charge in [-0.1, -0.05) is 13.8 Å². The molecule has 1 saturated carbocycles. The van der Waals surface area contributed by atoms with Gasteiger partial charge in [-0.05, 0) is 11.8 Å². The molecule has 84 valence electrons. The summed E-state index contributed by atoms with van der Waals surface area (Å²) < 4.78 is 4.77. The third kappa shape index (κ3) is 1.14. The van der Waals surface area contributed by atoms with Crippen LogP contribution in [0.1, 0.15) is 13.8 Å². The molecular weight excluding hydrogens is 192 g/mol. The molecule has 2 aliphatic rings. The normalized spacial score (nSPS) is 43.6. The first-order valence-corrected chi connectivity index (χ1v) is 5.34. The zero-order valence-corrected chi connectivity index (χ0v) is 9.36. The molecule has 15 heavy (non-hydrogen) atoms. The van der Waals surface area contributed by atoms with E-state index in [1.54, 1.807) is 0 Å². The highest BCUT2D eigenvalue weighted by molar-refractivity contribution is 5.91. The molecular formula is C11H18N2O2. The molecule has 2 aliphatic carbocycles. The van der Waals surface area contributed by atoms with Crippen LogP contribution in [0.3, 0.4) is 0 Å². The van der Waals surface area contributed by atoms with E-state index >= 15 is 0 Å². The smallest absolute Gasteiger partial charge is 0.335 e. The van der Waals surface area contributed by atoms with E-state index in [-0.39, 0.29) is 23.8 Å². The molecule has 0 heterocycles. The van der Waals surface area contributed by atoms with Crippen molar-refractivity contribution in [2.24, 2.45) is 35.1 Å². The van der Waals surface area contributed by atoms with Gasteiger partial charge in [-0.3, -0.25) is 0 Å². The van der Waals surface area contributed by atoms with E-state index in [1.807, 2.05) is 0 Å². The van der Waals surface area contributed by atoms with Crippen LogP contribution >= 0.6 is 0 Å². The summed E-state index contributed by atoms with van der Waals surface area (Å²) in [6.07, 6.45) is 0. The van der Waals surface area contributed by atoms with Crippen LogP contribution < -0.4 is 11.5 Å². The van der Waals surface area contributed by atoms with Gasteiger partial charge in [-0.15, -0.1) is 0 Å². The molecule has 4 heteroatoms. The van der Waals surface area contributed by atoms with E-state index in [2.05, 4.69) is 13.8 Å². The van der Waals surface area contributed by atoms with E-state index in [1.165, 1.54) is 7.11 Å². The highest BCUT2D eigenvalue weighted by atomic mass is 16.5. The number of carbonyl (C=O) groups excluding carboxylic acids is 1. The summed E-state index contributed by atoms with van der Waals surface area (Å²) in [6, 6.07) is 0.0819. The Bertz CT molecular complexity index is 337. The average Bonchev–Trinajstić information content (AvgIpc) is 2.57. The molecule has 0 spiro atoms. The molecule has 1 fully saturated rings. The van der Waals surface area contributed by atoms with Gasteiger partial charge in [0.25, 0.3) is 0 Å². The minimum absolute atomic E-state index is 0.0819. The second-order valence-electron chi connectivity index (χ2n) is 4.71. The topological polar surface area (TPSA) is 78.3 Å². The first-order chi connectivity index (χ1) is 7.00. The molecule has 0 aromatic carbocycles. The van der Waals surface area contributed by atoms with E-state index in [0.717, 1.165) is 0 Å². The lowest BCUT2D eigenvalue weighted by Gasteiger charge is -2.26. The molecule has 5 atom stereocenters. The lowest BCUT2D eigenvalue weighted by atomic mass is 9.84. The van der Waals surface area contributed by atoms with Crippen LogP contribution in [0.4, 0.5) is 0 Å². The largest absolute Gasteiger partial charge is 0.466 e. The molecule has 0 saturated heterocycles. The maximum Gasteiger partial charge on any atom is 0.335 e. The first-order valence-electron chi connectivity index (χ1n) is 5.34. The quantitative estimate of drug-likeness (QED) is 0.607. The summed E-state index contributed by atoms with van der Waals surface area (Å²) in [6.45, 7) is 4.20. The Balaban J connectivity index is 2.42. The zero-order valence-electron chi connectivity index (χ0n) is 9.36. The predicted molar refractivity (Wildman–Crippen MR) is 56.5 cm³/mol.